The highest BCUT2D eigenvalue weighted by Gasteiger charge is 2.18. The van der Waals surface area contributed by atoms with Gasteiger partial charge in [0, 0.05) is 0 Å². The van der Waals surface area contributed by atoms with Gasteiger partial charge in [0.15, 0.2) is 0 Å². The summed E-state index contributed by atoms with van der Waals surface area (Å²) in [5.41, 5.74) is 0.994. The second-order valence-electron chi connectivity index (χ2n) is 4.90. The van der Waals surface area contributed by atoms with Crippen molar-refractivity contribution in [3.05, 3.63) is 71.0 Å². The molecule has 4 heteroatoms. The Hall–Kier alpha value is -2.67. The number of rotatable bonds is 5. The van der Waals surface area contributed by atoms with E-state index in [2.05, 4.69) is 0 Å². The molecule has 0 bridgehead atoms. The predicted molar refractivity (Wildman–Crippen MR) is 80.6 cm³/mol. The Labute approximate surface area is 129 Å². The van der Waals surface area contributed by atoms with Crippen LogP contribution in [-0.2, 0) is 4.74 Å². The molecule has 0 heterocycles. The first kappa shape index (κ1) is 15.7. The minimum atomic E-state index is -0.600. The van der Waals surface area contributed by atoms with Crippen LogP contribution in [0.15, 0.2) is 48.5 Å². The van der Waals surface area contributed by atoms with E-state index in [1.807, 2.05) is 13.0 Å². The summed E-state index contributed by atoms with van der Waals surface area (Å²) < 4.78 is 19.3. The Kier molecular flexibility index (Phi) is 5.26. The molecule has 0 fully saturated rings. The molecular formula is C18H16FNO2. The molecular weight excluding hydrogens is 281 g/mol. The van der Waals surface area contributed by atoms with Gasteiger partial charge in [-0.05, 0) is 36.2 Å². The molecule has 0 saturated carbocycles. The normalized spacial score (nSPS) is 11.5. The van der Waals surface area contributed by atoms with Crippen LogP contribution in [-0.4, -0.2) is 5.97 Å². The fraction of sp³-hybridized carbons (Fsp3) is 0.222. The average molecular weight is 297 g/mol. The molecule has 1 atom stereocenters. The molecule has 0 aliphatic carbocycles. The second kappa shape index (κ2) is 7.37. The van der Waals surface area contributed by atoms with E-state index in [4.69, 9.17) is 10.00 Å². The second-order valence-corrected chi connectivity index (χ2v) is 4.90. The highest BCUT2D eigenvalue weighted by molar-refractivity contribution is 5.89. The smallest absolute Gasteiger partial charge is 0.338 e. The zero-order valence-corrected chi connectivity index (χ0v) is 12.3. The van der Waals surface area contributed by atoms with Crippen LogP contribution >= 0.6 is 0 Å². The van der Waals surface area contributed by atoms with Crippen LogP contribution < -0.4 is 0 Å². The fourth-order valence-corrected chi connectivity index (χ4v) is 2.15. The van der Waals surface area contributed by atoms with Crippen molar-refractivity contribution >= 4 is 5.97 Å². The van der Waals surface area contributed by atoms with Crippen LogP contribution in [0.2, 0.25) is 0 Å². The average Bonchev–Trinajstić information content (AvgIpc) is 2.55. The van der Waals surface area contributed by atoms with E-state index in [0.717, 1.165) is 6.42 Å². The van der Waals surface area contributed by atoms with Gasteiger partial charge in [-0.15, -0.1) is 0 Å². The monoisotopic (exact) mass is 297 g/mol. The Morgan fingerprint density at radius 1 is 1.27 bits per heavy atom. The van der Waals surface area contributed by atoms with E-state index < -0.39 is 17.9 Å². The van der Waals surface area contributed by atoms with Crippen molar-refractivity contribution in [2.45, 2.75) is 25.9 Å². The van der Waals surface area contributed by atoms with Gasteiger partial charge >= 0.3 is 5.97 Å². The molecule has 22 heavy (non-hydrogen) atoms. The summed E-state index contributed by atoms with van der Waals surface area (Å²) in [6.07, 6.45) is 0.845. The van der Waals surface area contributed by atoms with Crippen LogP contribution in [0.25, 0.3) is 0 Å². The SMILES string of the molecule is CCCC(OC(=O)c1ccccc1)c1ccc(C#N)c(F)c1. The number of esters is 1. The van der Waals surface area contributed by atoms with E-state index in [9.17, 15) is 9.18 Å². The van der Waals surface area contributed by atoms with Crippen molar-refractivity contribution < 1.29 is 13.9 Å². The van der Waals surface area contributed by atoms with Crippen LogP contribution in [0.4, 0.5) is 4.39 Å². The van der Waals surface area contributed by atoms with Gasteiger partial charge in [-0.1, -0.05) is 37.6 Å². The van der Waals surface area contributed by atoms with Gasteiger partial charge in [-0.2, -0.15) is 5.26 Å². The summed E-state index contributed by atoms with van der Waals surface area (Å²) >= 11 is 0. The van der Waals surface area contributed by atoms with Crippen molar-refractivity contribution in [1.29, 1.82) is 5.26 Å². The number of ether oxygens (including phenoxy) is 1. The largest absolute Gasteiger partial charge is 0.454 e. The molecule has 0 amide bonds. The van der Waals surface area contributed by atoms with Crippen LogP contribution in [0, 0.1) is 17.1 Å². The minimum absolute atomic E-state index is 0.0200. The number of benzene rings is 2. The molecule has 0 aliphatic heterocycles. The summed E-state index contributed by atoms with van der Waals surface area (Å²) in [5.74, 6) is -1.04. The first-order valence-corrected chi connectivity index (χ1v) is 7.11. The lowest BCUT2D eigenvalue weighted by Crippen LogP contribution is -2.12. The third-order valence-electron chi connectivity index (χ3n) is 3.30. The molecule has 0 spiro atoms. The molecule has 0 radical (unpaired) electrons. The predicted octanol–water partition coefficient (Wildman–Crippen LogP) is 4.40. The topological polar surface area (TPSA) is 50.1 Å². The lowest BCUT2D eigenvalue weighted by molar-refractivity contribution is 0.0274. The maximum absolute atomic E-state index is 13.7. The van der Waals surface area contributed by atoms with Crippen molar-refractivity contribution in [2.75, 3.05) is 0 Å². The van der Waals surface area contributed by atoms with Crippen LogP contribution in [0.1, 0.15) is 47.4 Å². The van der Waals surface area contributed by atoms with E-state index in [-0.39, 0.29) is 5.56 Å². The van der Waals surface area contributed by atoms with Gasteiger partial charge in [-0.3, -0.25) is 0 Å². The molecule has 2 aromatic carbocycles. The zero-order chi connectivity index (χ0) is 15.9. The van der Waals surface area contributed by atoms with Gasteiger partial charge < -0.3 is 4.74 Å². The first-order chi connectivity index (χ1) is 10.7. The zero-order valence-electron chi connectivity index (χ0n) is 12.3. The molecule has 112 valence electrons. The molecule has 2 rings (SSSR count). The Morgan fingerprint density at radius 2 is 2.00 bits per heavy atom. The number of hydrogen-bond acceptors (Lipinski definition) is 3. The van der Waals surface area contributed by atoms with Gasteiger partial charge in [0.25, 0.3) is 0 Å². The third-order valence-corrected chi connectivity index (χ3v) is 3.30. The molecule has 0 aliphatic rings. The van der Waals surface area contributed by atoms with Crippen molar-refractivity contribution in [3.63, 3.8) is 0 Å². The molecule has 0 saturated heterocycles. The molecule has 0 aromatic heterocycles. The first-order valence-electron chi connectivity index (χ1n) is 7.11. The minimum Gasteiger partial charge on any atom is -0.454 e. The summed E-state index contributed by atoms with van der Waals surface area (Å²) in [5, 5.41) is 8.77. The van der Waals surface area contributed by atoms with Gasteiger partial charge in [0.1, 0.15) is 18.0 Å². The number of hydrogen-bond donors (Lipinski definition) is 0. The maximum Gasteiger partial charge on any atom is 0.338 e. The summed E-state index contributed by atoms with van der Waals surface area (Å²) in [6, 6.07) is 14.7. The summed E-state index contributed by atoms with van der Waals surface area (Å²) in [6.45, 7) is 1.96. The summed E-state index contributed by atoms with van der Waals surface area (Å²) in [7, 11) is 0. The number of nitriles is 1. The van der Waals surface area contributed by atoms with Crippen LogP contribution in [0.3, 0.4) is 0 Å². The van der Waals surface area contributed by atoms with E-state index in [1.165, 1.54) is 12.1 Å². The van der Waals surface area contributed by atoms with Crippen molar-refractivity contribution in [1.82, 2.24) is 0 Å². The standard InChI is InChI=1S/C18H16FNO2/c1-2-6-17(14-9-10-15(12-20)16(19)11-14)22-18(21)13-7-4-3-5-8-13/h3-5,7-11,17H,2,6H2,1H3. The number of carbonyl (C=O) groups is 1. The molecule has 3 nitrogen and oxygen atoms in total. The van der Waals surface area contributed by atoms with Crippen molar-refractivity contribution in [2.24, 2.45) is 0 Å². The quantitative estimate of drug-likeness (QED) is 0.769. The lowest BCUT2D eigenvalue weighted by Gasteiger charge is -2.18. The highest BCUT2D eigenvalue weighted by atomic mass is 19.1. The van der Waals surface area contributed by atoms with Gasteiger partial charge in [0.05, 0.1) is 11.1 Å². The lowest BCUT2D eigenvalue weighted by atomic mass is 10.0. The maximum atomic E-state index is 13.7. The summed E-state index contributed by atoms with van der Waals surface area (Å²) in [4.78, 5) is 12.1. The Morgan fingerprint density at radius 3 is 2.59 bits per heavy atom. The van der Waals surface area contributed by atoms with E-state index >= 15 is 0 Å². The number of halogens is 1. The van der Waals surface area contributed by atoms with Crippen molar-refractivity contribution in [3.8, 4) is 6.07 Å². The third kappa shape index (κ3) is 3.70. The molecule has 0 N–H and O–H groups in total. The van der Waals surface area contributed by atoms with Gasteiger partial charge in [0.2, 0.25) is 0 Å². The van der Waals surface area contributed by atoms with Crippen LogP contribution in [0.5, 0.6) is 0 Å². The fourth-order valence-electron chi connectivity index (χ4n) is 2.15. The number of carbonyl (C=O) groups excluding carboxylic acids is 1. The molecule has 1 unspecified atom stereocenters. The molecule has 2 aromatic rings. The number of nitrogens with zero attached hydrogens (tertiary/aromatic N) is 1. The Bertz CT molecular complexity index is 692. The van der Waals surface area contributed by atoms with E-state index in [1.54, 1.807) is 36.4 Å². The highest BCUT2D eigenvalue weighted by Crippen LogP contribution is 2.25. The van der Waals surface area contributed by atoms with E-state index in [0.29, 0.717) is 17.5 Å². The van der Waals surface area contributed by atoms with Gasteiger partial charge in [-0.25, -0.2) is 9.18 Å². The Balaban J connectivity index is 2.22.